The van der Waals surface area contributed by atoms with Gasteiger partial charge in [0.2, 0.25) is 0 Å². The highest BCUT2D eigenvalue weighted by Crippen LogP contribution is 2.22. The molecule has 3 aromatic rings. The molecule has 0 saturated carbocycles. The number of carbonyl (C=O) groups excluding carboxylic acids is 2. The van der Waals surface area contributed by atoms with E-state index in [1.807, 2.05) is 30.3 Å². The number of amides is 2. The van der Waals surface area contributed by atoms with E-state index in [1.165, 1.54) is 12.3 Å². The van der Waals surface area contributed by atoms with Gasteiger partial charge in [-0.2, -0.15) is 5.10 Å². The van der Waals surface area contributed by atoms with E-state index >= 15 is 0 Å². The van der Waals surface area contributed by atoms with E-state index in [0.717, 1.165) is 24.1 Å². The third-order valence-electron chi connectivity index (χ3n) is 4.83. The lowest BCUT2D eigenvalue weighted by Gasteiger charge is -2.32. The first-order valence-electron chi connectivity index (χ1n) is 9.43. The molecule has 0 aliphatic carbocycles. The minimum absolute atomic E-state index is 0.111. The van der Waals surface area contributed by atoms with Crippen molar-refractivity contribution in [1.29, 1.82) is 0 Å². The van der Waals surface area contributed by atoms with E-state index in [1.54, 1.807) is 17.0 Å². The van der Waals surface area contributed by atoms with Crippen molar-refractivity contribution in [3.8, 4) is 17.0 Å². The molecule has 1 unspecified atom stereocenters. The lowest BCUT2D eigenvalue weighted by molar-refractivity contribution is 0.0532. The molecule has 1 aromatic carbocycles. The van der Waals surface area contributed by atoms with Crippen molar-refractivity contribution < 1.29 is 14.3 Å². The van der Waals surface area contributed by atoms with Crippen LogP contribution in [0.5, 0.6) is 5.75 Å². The predicted octanol–water partition coefficient (Wildman–Crippen LogP) is 2.25. The zero-order valence-corrected chi connectivity index (χ0v) is 15.7. The molecule has 2 amide bonds. The van der Waals surface area contributed by atoms with Gasteiger partial charge in [0.1, 0.15) is 23.2 Å². The molecule has 1 atom stereocenters. The molecule has 0 bridgehead atoms. The summed E-state index contributed by atoms with van der Waals surface area (Å²) in [6.07, 6.45) is 2.95. The van der Waals surface area contributed by atoms with Crippen molar-refractivity contribution >= 4 is 11.8 Å². The Hall–Kier alpha value is -3.68. The zero-order chi connectivity index (χ0) is 20.2. The smallest absolute Gasteiger partial charge is 0.272 e. The summed E-state index contributed by atoms with van der Waals surface area (Å²) < 4.78 is 5.97. The monoisotopic (exact) mass is 391 g/mol. The number of aromatic amines is 1. The Balaban J connectivity index is 1.43. The summed E-state index contributed by atoms with van der Waals surface area (Å²) in [5.41, 5.74) is 7.55. The van der Waals surface area contributed by atoms with Gasteiger partial charge in [0.25, 0.3) is 11.8 Å². The number of piperidine rings is 1. The fourth-order valence-corrected chi connectivity index (χ4v) is 3.39. The number of nitrogens with one attached hydrogen (secondary N) is 1. The van der Waals surface area contributed by atoms with Crippen LogP contribution < -0.4 is 10.5 Å². The second-order valence-corrected chi connectivity index (χ2v) is 6.91. The van der Waals surface area contributed by atoms with E-state index in [2.05, 4.69) is 15.2 Å². The van der Waals surface area contributed by atoms with Crippen LogP contribution in [0.15, 0.2) is 54.7 Å². The van der Waals surface area contributed by atoms with Crippen molar-refractivity contribution in [3.63, 3.8) is 0 Å². The lowest BCUT2D eigenvalue weighted by Crippen LogP contribution is -2.44. The fourth-order valence-electron chi connectivity index (χ4n) is 3.39. The number of benzene rings is 1. The van der Waals surface area contributed by atoms with Gasteiger partial charge in [-0.1, -0.05) is 30.3 Å². The zero-order valence-electron chi connectivity index (χ0n) is 15.7. The average Bonchev–Trinajstić information content (AvgIpc) is 3.24. The van der Waals surface area contributed by atoms with Crippen molar-refractivity contribution in [2.24, 2.45) is 5.73 Å². The van der Waals surface area contributed by atoms with Crippen LogP contribution in [-0.2, 0) is 0 Å². The Morgan fingerprint density at radius 3 is 2.79 bits per heavy atom. The number of carbonyl (C=O) groups is 2. The molecule has 8 nitrogen and oxygen atoms in total. The van der Waals surface area contributed by atoms with Crippen molar-refractivity contribution in [2.75, 3.05) is 13.1 Å². The van der Waals surface area contributed by atoms with Gasteiger partial charge < -0.3 is 15.4 Å². The lowest BCUT2D eigenvalue weighted by atomic mass is 10.1. The molecule has 3 heterocycles. The van der Waals surface area contributed by atoms with E-state index in [-0.39, 0.29) is 17.7 Å². The number of hydrogen-bond donors (Lipinski definition) is 2. The van der Waals surface area contributed by atoms with E-state index in [9.17, 15) is 9.59 Å². The molecule has 29 heavy (non-hydrogen) atoms. The largest absolute Gasteiger partial charge is 0.488 e. The van der Waals surface area contributed by atoms with Gasteiger partial charge in [0.15, 0.2) is 0 Å². The highest BCUT2D eigenvalue weighted by molar-refractivity contribution is 5.93. The number of primary amides is 1. The van der Waals surface area contributed by atoms with Crippen LogP contribution in [0.1, 0.15) is 33.8 Å². The molecule has 1 aliphatic rings. The van der Waals surface area contributed by atoms with E-state index in [0.29, 0.717) is 24.5 Å². The summed E-state index contributed by atoms with van der Waals surface area (Å²) >= 11 is 0. The number of pyridine rings is 1. The molecule has 1 saturated heterocycles. The van der Waals surface area contributed by atoms with Crippen LogP contribution in [0, 0.1) is 0 Å². The molecule has 3 N–H and O–H groups in total. The van der Waals surface area contributed by atoms with Crippen LogP contribution in [0.2, 0.25) is 0 Å². The number of ether oxygens (including phenoxy) is 1. The maximum Gasteiger partial charge on any atom is 0.272 e. The Labute approximate surface area is 167 Å². The van der Waals surface area contributed by atoms with Crippen molar-refractivity contribution in [2.45, 2.75) is 18.9 Å². The number of nitrogens with two attached hydrogens (primary N) is 1. The van der Waals surface area contributed by atoms with Crippen LogP contribution in [0.25, 0.3) is 11.3 Å². The first-order valence-corrected chi connectivity index (χ1v) is 9.43. The highest BCUT2D eigenvalue weighted by Gasteiger charge is 2.27. The molecular formula is C21H21N5O3. The van der Waals surface area contributed by atoms with Gasteiger partial charge in [0.05, 0.1) is 12.2 Å². The Kier molecular flexibility index (Phi) is 5.24. The van der Waals surface area contributed by atoms with Gasteiger partial charge in [0, 0.05) is 24.4 Å². The van der Waals surface area contributed by atoms with Crippen LogP contribution in [0.4, 0.5) is 0 Å². The number of aromatic nitrogens is 3. The molecule has 2 aromatic heterocycles. The summed E-state index contributed by atoms with van der Waals surface area (Å²) in [6, 6.07) is 14.7. The quantitative estimate of drug-likeness (QED) is 0.692. The topological polar surface area (TPSA) is 114 Å². The Bertz CT molecular complexity index is 1020. The molecule has 4 rings (SSSR count). The maximum atomic E-state index is 12.9. The minimum atomic E-state index is -0.607. The summed E-state index contributed by atoms with van der Waals surface area (Å²) in [5.74, 6) is -0.203. The first kappa shape index (κ1) is 18.7. The normalized spacial score (nSPS) is 16.4. The number of H-pyrrole nitrogens is 1. The third-order valence-corrected chi connectivity index (χ3v) is 4.83. The molecule has 0 spiro atoms. The summed E-state index contributed by atoms with van der Waals surface area (Å²) in [4.78, 5) is 29.9. The summed E-state index contributed by atoms with van der Waals surface area (Å²) in [6.45, 7) is 1.11. The molecule has 8 heteroatoms. The summed E-state index contributed by atoms with van der Waals surface area (Å²) in [7, 11) is 0. The minimum Gasteiger partial charge on any atom is -0.488 e. The number of hydrogen-bond acceptors (Lipinski definition) is 5. The molecule has 1 fully saturated rings. The molecular weight excluding hydrogens is 370 g/mol. The number of nitrogens with zero attached hydrogens (tertiary/aromatic N) is 3. The van der Waals surface area contributed by atoms with Gasteiger partial charge in [-0.3, -0.25) is 19.7 Å². The van der Waals surface area contributed by atoms with Crippen LogP contribution in [-0.4, -0.2) is 51.1 Å². The van der Waals surface area contributed by atoms with Gasteiger partial charge in [-0.25, -0.2) is 0 Å². The fraction of sp³-hybridized carbons (Fsp3) is 0.238. The van der Waals surface area contributed by atoms with E-state index in [4.69, 9.17) is 10.5 Å². The number of likely N-dealkylation sites (tertiary alicyclic amines) is 1. The Morgan fingerprint density at radius 2 is 2.00 bits per heavy atom. The summed E-state index contributed by atoms with van der Waals surface area (Å²) in [5, 5.41) is 7.10. The van der Waals surface area contributed by atoms with Gasteiger partial charge in [-0.05, 0) is 25.0 Å². The second kappa shape index (κ2) is 8.14. The van der Waals surface area contributed by atoms with Crippen LogP contribution >= 0.6 is 0 Å². The third kappa shape index (κ3) is 4.26. The molecule has 148 valence electrons. The Morgan fingerprint density at radius 1 is 1.17 bits per heavy atom. The first-order chi connectivity index (χ1) is 14.1. The number of rotatable bonds is 5. The highest BCUT2D eigenvalue weighted by atomic mass is 16.5. The maximum absolute atomic E-state index is 12.9. The van der Waals surface area contributed by atoms with Gasteiger partial charge in [-0.15, -0.1) is 0 Å². The van der Waals surface area contributed by atoms with Crippen molar-refractivity contribution in [3.05, 3.63) is 66.1 Å². The average molecular weight is 391 g/mol. The second-order valence-electron chi connectivity index (χ2n) is 6.91. The predicted molar refractivity (Wildman–Crippen MR) is 106 cm³/mol. The molecule has 1 aliphatic heterocycles. The SMILES string of the molecule is NC(=O)c1cc(OC2CCCN(C(=O)c3cc(-c4ccccc4)n[nH]3)C2)ccn1. The van der Waals surface area contributed by atoms with Crippen molar-refractivity contribution in [1.82, 2.24) is 20.1 Å². The standard InChI is InChI=1S/C21H21N5O3/c22-20(27)18-11-15(8-9-23-18)29-16-7-4-10-26(13-16)21(28)19-12-17(24-25-19)14-5-2-1-3-6-14/h1-3,5-6,8-9,11-12,16H,4,7,10,13H2,(H2,22,27)(H,24,25). The van der Waals surface area contributed by atoms with E-state index < -0.39 is 5.91 Å². The van der Waals surface area contributed by atoms with Gasteiger partial charge >= 0.3 is 0 Å². The van der Waals surface area contributed by atoms with Crippen LogP contribution in [0.3, 0.4) is 0 Å². The molecule has 0 radical (unpaired) electrons.